The fourth-order valence-electron chi connectivity index (χ4n) is 3.58. The van der Waals surface area contributed by atoms with Gasteiger partial charge in [-0.3, -0.25) is 9.59 Å². The van der Waals surface area contributed by atoms with Gasteiger partial charge in [0.05, 0.1) is 5.02 Å². The van der Waals surface area contributed by atoms with E-state index in [1.165, 1.54) is 4.90 Å². The van der Waals surface area contributed by atoms with E-state index in [9.17, 15) is 9.59 Å². The SMILES string of the molecule is C[C@@H](C(=O)NC1CCCC1)N(Cc1ccc(Cl)cc1)C(=O)COc1ccc(Cl)cc1Cl. The number of ether oxygens (including phenoxy) is 1. The van der Waals surface area contributed by atoms with E-state index in [0.29, 0.717) is 20.8 Å². The van der Waals surface area contributed by atoms with Crippen molar-refractivity contribution >= 4 is 46.6 Å². The molecule has 0 saturated heterocycles. The highest BCUT2D eigenvalue weighted by Gasteiger charge is 2.28. The van der Waals surface area contributed by atoms with Crippen molar-refractivity contribution in [3.63, 3.8) is 0 Å². The smallest absolute Gasteiger partial charge is 0.261 e. The molecule has 0 bridgehead atoms. The Morgan fingerprint density at radius 1 is 1.06 bits per heavy atom. The molecule has 1 atom stereocenters. The van der Waals surface area contributed by atoms with E-state index in [4.69, 9.17) is 39.5 Å². The molecule has 2 amide bonds. The van der Waals surface area contributed by atoms with E-state index in [-0.39, 0.29) is 31.0 Å². The number of hydrogen-bond acceptors (Lipinski definition) is 3. The minimum absolute atomic E-state index is 0.168. The summed E-state index contributed by atoms with van der Waals surface area (Å²) in [7, 11) is 0. The van der Waals surface area contributed by atoms with Crippen molar-refractivity contribution in [2.45, 2.75) is 51.2 Å². The Balaban J connectivity index is 1.72. The average Bonchev–Trinajstić information content (AvgIpc) is 3.25. The molecule has 0 unspecified atom stereocenters. The Labute approximate surface area is 197 Å². The number of carbonyl (C=O) groups is 2. The van der Waals surface area contributed by atoms with Crippen LogP contribution in [0.15, 0.2) is 42.5 Å². The summed E-state index contributed by atoms with van der Waals surface area (Å²) in [6.07, 6.45) is 4.18. The highest BCUT2D eigenvalue weighted by Crippen LogP contribution is 2.27. The molecular weight excluding hydrogens is 459 g/mol. The molecule has 3 rings (SSSR count). The van der Waals surface area contributed by atoms with Gasteiger partial charge in [-0.1, -0.05) is 59.8 Å². The Morgan fingerprint density at radius 2 is 1.71 bits per heavy atom. The van der Waals surface area contributed by atoms with Crippen LogP contribution in [0, 0.1) is 0 Å². The highest BCUT2D eigenvalue weighted by atomic mass is 35.5. The van der Waals surface area contributed by atoms with Gasteiger partial charge in [-0.05, 0) is 55.7 Å². The summed E-state index contributed by atoms with van der Waals surface area (Å²) in [5, 5.41) is 4.47. The van der Waals surface area contributed by atoms with Crippen molar-refractivity contribution in [1.82, 2.24) is 10.2 Å². The zero-order valence-electron chi connectivity index (χ0n) is 17.2. The lowest BCUT2D eigenvalue weighted by Crippen LogP contribution is -2.50. The van der Waals surface area contributed by atoms with Gasteiger partial charge in [-0.15, -0.1) is 0 Å². The van der Waals surface area contributed by atoms with Gasteiger partial charge < -0.3 is 15.0 Å². The van der Waals surface area contributed by atoms with Gasteiger partial charge in [0.2, 0.25) is 5.91 Å². The fraction of sp³-hybridized carbons (Fsp3) is 0.391. The quantitative estimate of drug-likeness (QED) is 0.539. The van der Waals surface area contributed by atoms with Gasteiger partial charge in [0.25, 0.3) is 5.91 Å². The van der Waals surface area contributed by atoms with E-state index < -0.39 is 6.04 Å². The first kappa shape index (κ1) is 23.7. The second-order valence-corrected chi connectivity index (χ2v) is 8.96. The van der Waals surface area contributed by atoms with Crippen molar-refractivity contribution in [2.75, 3.05) is 6.61 Å². The van der Waals surface area contributed by atoms with Crippen LogP contribution in [0.3, 0.4) is 0 Å². The molecular formula is C23H25Cl3N2O3. The van der Waals surface area contributed by atoms with Crippen LogP contribution in [0.2, 0.25) is 15.1 Å². The molecule has 5 nitrogen and oxygen atoms in total. The Hall–Kier alpha value is -1.95. The van der Waals surface area contributed by atoms with Gasteiger partial charge >= 0.3 is 0 Å². The third-order valence-corrected chi connectivity index (χ3v) is 6.16. The summed E-state index contributed by atoms with van der Waals surface area (Å²) in [6.45, 7) is 1.73. The standard InChI is InChI=1S/C23H25Cl3N2O3/c1-15(23(30)27-19-4-2-3-5-19)28(13-16-6-8-17(24)9-7-16)22(29)14-31-21-11-10-18(25)12-20(21)26/h6-12,15,19H,2-5,13-14H2,1H3,(H,27,30)/t15-/m0/s1. The summed E-state index contributed by atoms with van der Waals surface area (Å²) < 4.78 is 5.62. The number of carbonyl (C=O) groups excluding carboxylic acids is 2. The predicted molar refractivity (Wildman–Crippen MR) is 124 cm³/mol. The van der Waals surface area contributed by atoms with Gasteiger partial charge in [-0.25, -0.2) is 0 Å². The Morgan fingerprint density at radius 3 is 2.35 bits per heavy atom. The lowest BCUT2D eigenvalue weighted by atomic mass is 10.1. The molecule has 166 valence electrons. The number of rotatable bonds is 8. The largest absolute Gasteiger partial charge is 0.482 e. The lowest BCUT2D eigenvalue weighted by Gasteiger charge is -2.29. The molecule has 2 aromatic carbocycles. The predicted octanol–water partition coefficient (Wildman–Crippen LogP) is 5.50. The highest BCUT2D eigenvalue weighted by molar-refractivity contribution is 6.35. The molecule has 8 heteroatoms. The number of benzene rings is 2. The zero-order chi connectivity index (χ0) is 22.4. The number of nitrogens with one attached hydrogen (secondary N) is 1. The van der Waals surface area contributed by atoms with Gasteiger partial charge in [0, 0.05) is 22.6 Å². The summed E-state index contributed by atoms with van der Waals surface area (Å²) >= 11 is 18.0. The number of amides is 2. The molecule has 0 aromatic heterocycles. The van der Waals surface area contributed by atoms with Crippen LogP contribution in [0.25, 0.3) is 0 Å². The molecule has 0 aliphatic heterocycles. The van der Waals surface area contributed by atoms with Crippen LogP contribution in [-0.4, -0.2) is 35.4 Å². The second kappa shape index (κ2) is 11.1. The molecule has 31 heavy (non-hydrogen) atoms. The summed E-state index contributed by atoms with van der Waals surface area (Å²) in [5.74, 6) is -0.136. The van der Waals surface area contributed by atoms with E-state index >= 15 is 0 Å². The van der Waals surface area contributed by atoms with Crippen molar-refractivity contribution in [3.05, 3.63) is 63.1 Å². The Bertz CT molecular complexity index is 915. The van der Waals surface area contributed by atoms with Crippen LogP contribution in [-0.2, 0) is 16.1 Å². The molecule has 2 aromatic rings. The monoisotopic (exact) mass is 482 g/mol. The summed E-state index contributed by atoms with van der Waals surface area (Å²) in [4.78, 5) is 27.4. The zero-order valence-corrected chi connectivity index (χ0v) is 19.5. The van der Waals surface area contributed by atoms with E-state index in [1.54, 1.807) is 37.3 Å². The van der Waals surface area contributed by atoms with Crippen LogP contribution >= 0.6 is 34.8 Å². The number of nitrogens with zero attached hydrogens (tertiary/aromatic N) is 1. The minimum atomic E-state index is -0.659. The van der Waals surface area contributed by atoms with Crippen molar-refractivity contribution in [3.8, 4) is 5.75 Å². The molecule has 0 heterocycles. The van der Waals surface area contributed by atoms with Crippen LogP contribution < -0.4 is 10.1 Å². The maximum atomic E-state index is 13.1. The summed E-state index contributed by atoms with van der Waals surface area (Å²) in [5.41, 5.74) is 0.864. The number of hydrogen-bond donors (Lipinski definition) is 1. The molecule has 1 fully saturated rings. The first-order chi connectivity index (χ1) is 14.8. The normalized spacial score (nSPS) is 14.8. The maximum Gasteiger partial charge on any atom is 0.261 e. The van der Waals surface area contributed by atoms with Crippen LogP contribution in [0.5, 0.6) is 5.75 Å². The van der Waals surface area contributed by atoms with Gasteiger partial charge in [-0.2, -0.15) is 0 Å². The topological polar surface area (TPSA) is 58.6 Å². The van der Waals surface area contributed by atoms with E-state index in [2.05, 4.69) is 5.32 Å². The van der Waals surface area contributed by atoms with Crippen molar-refractivity contribution in [2.24, 2.45) is 0 Å². The molecule has 1 saturated carbocycles. The molecule has 0 spiro atoms. The third-order valence-electron chi connectivity index (χ3n) is 5.38. The summed E-state index contributed by atoms with van der Waals surface area (Å²) in [6, 6.07) is 11.5. The van der Waals surface area contributed by atoms with Gasteiger partial charge in [0.1, 0.15) is 11.8 Å². The molecule has 0 radical (unpaired) electrons. The first-order valence-corrected chi connectivity index (χ1v) is 11.4. The van der Waals surface area contributed by atoms with Crippen LogP contribution in [0.4, 0.5) is 0 Å². The first-order valence-electron chi connectivity index (χ1n) is 10.3. The Kier molecular flexibility index (Phi) is 8.47. The minimum Gasteiger partial charge on any atom is -0.482 e. The third kappa shape index (κ3) is 6.76. The van der Waals surface area contributed by atoms with Gasteiger partial charge in [0.15, 0.2) is 6.61 Å². The van der Waals surface area contributed by atoms with Crippen molar-refractivity contribution in [1.29, 1.82) is 0 Å². The van der Waals surface area contributed by atoms with Crippen LogP contribution in [0.1, 0.15) is 38.2 Å². The molecule has 1 N–H and O–H groups in total. The second-order valence-electron chi connectivity index (χ2n) is 7.68. The van der Waals surface area contributed by atoms with E-state index in [0.717, 1.165) is 31.2 Å². The fourth-order valence-corrected chi connectivity index (χ4v) is 4.16. The molecule has 1 aliphatic rings. The van der Waals surface area contributed by atoms with E-state index in [1.807, 2.05) is 12.1 Å². The lowest BCUT2D eigenvalue weighted by molar-refractivity contribution is -0.142. The molecule has 1 aliphatic carbocycles. The van der Waals surface area contributed by atoms with Crippen molar-refractivity contribution < 1.29 is 14.3 Å². The maximum absolute atomic E-state index is 13.1. The number of halogens is 3. The average molecular weight is 484 g/mol.